The van der Waals surface area contributed by atoms with Gasteiger partial charge in [0.1, 0.15) is 11.5 Å². The minimum absolute atomic E-state index is 0.116. The molecule has 0 radical (unpaired) electrons. The smallest absolute Gasteiger partial charge is 0.347 e. The van der Waals surface area contributed by atoms with Gasteiger partial charge in [-0.15, -0.1) is 0 Å². The minimum atomic E-state index is -0.737. The quantitative estimate of drug-likeness (QED) is 0.137. The zero-order valence-electron chi connectivity index (χ0n) is 19.1. The topological polar surface area (TPSA) is 90.0 Å². The third-order valence-corrected chi connectivity index (χ3v) is 6.66. The van der Waals surface area contributed by atoms with Crippen molar-refractivity contribution in [3.05, 3.63) is 113 Å². The first-order valence-electron chi connectivity index (χ1n) is 11.5. The zero-order chi connectivity index (χ0) is 25.3. The Morgan fingerprint density at radius 3 is 1.86 bits per heavy atom. The van der Waals surface area contributed by atoms with Gasteiger partial charge in [-0.05, 0) is 82.2 Å². The summed E-state index contributed by atoms with van der Waals surface area (Å²) in [6.07, 6.45) is 0. The number of benzene rings is 5. The molecule has 2 aliphatic heterocycles. The second kappa shape index (κ2) is 7.60. The molecule has 0 bridgehead atoms. The predicted octanol–water partition coefficient (Wildman–Crippen LogP) is 5.90. The van der Waals surface area contributed by atoms with Gasteiger partial charge < -0.3 is 9.47 Å². The fraction of sp³-hybridized carbons (Fsp3) is 0. The van der Waals surface area contributed by atoms with Crippen LogP contribution in [0.5, 0.6) is 11.5 Å². The van der Waals surface area contributed by atoms with Crippen LogP contribution in [0.2, 0.25) is 0 Å². The number of ether oxygens (including phenoxy) is 2. The Morgan fingerprint density at radius 1 is 0.514 bits per heavy atom. The maximum atomic E-state index is 13.3. The van der Waals surface area contributed by atoms with Crippen molar-refractivity contribution in [2.75, 3.05) is 4.90 Å². The van der Waals surface area contributed by atoms with E-state index in [1.807, 2.05) is 42.5 Å². The van der Waals surface area contributed by atoms with Gasteiger partial charge in [0.25, 0.3) is 11.8 Å². The Hall–Kier alpha value is -5.30. The first-order valence-corrected chi connectivity index (χ1v) is 11.5. The minimum Gasteiger partial charge on any atom is -0.457 e. The number of anilines is 1. The van der Waals surface area contributed by atoms with E-state index in [4.69, 9.17) is 4.74 Å². The molecule has 7 rings (SSSR count). The van der Waals surface area contributed by atoms with Crippen LogP contribution in [0.1, 0.15) is 41.4 Å². The molecule has 0 aliphatic carbocycles. The Morgan fingerprint density at radius 2 is 1.11 bits per heavy atom. The van der Waals surface area contributed by atoms with Gasteiger partial charge in [-0.2, -0.15) is 0 Å². The van der Waals surface area contributed by atoms with E-state index in [9.17, 15) is 19.2 Å². The molecule has 5 aromatic carbocycles. The summed E-state index contributed by atoms with van der Waals surface area (Å²) in [5.41, 5.74) is 1.27. The van der Waals surface area contributed by atoms with Gasteiger partial charge in [-0.3, -0.25) is 9.59 Å². The molecule has 176 valence electrons. The summed E-state index contributed by atoms with van der Waals surface area (Å²) in [7, 11) is 0. The lowest BCUT2D eigenvalue weighted by Gasteiger charge is -2.15. The van der Waals surface area contributed by atoms with Gasteiger partial charge in [0.2, 0.25) is 0 Å². The van der Waals surface area contributed by atoms with Gasteiger partial charge >= 0.3 is 11.9 Å². The van der Waals surface area contributed by atoms with Gasteiger partial charge in [-0.25, -0.2) is 14.5 Å². The largest absolute Gasteiger partial charge is 0.457 e. The standard InChI is InChI=1S/C30H15NO6/c32-27-23-9-7-21(36-22-8-10-24-26(15-22)30(35)37-29(24)34)14-25(23)28(33)31(27)20-6-5-18-11-16-3-1-2-4-17(16)12-19(18)13-20/h1-15H. The molecule has 0 saturated heterocycles. The number of carbonyl (C=O) groups excluding carboxylic acids is 4. The highest BCUT2D eigenvalue weighted by molar-refractivity contribution is 6.34. The van der Waals surface area contributed by atoms with E-state index in [0.717, 1.165) is 21.5 Å². The van der Waals surface area contributed by atoms with Crippen LogP contribution in [0, 0.1) is 0 Å². The second-order valence-corrected chi connectivity index (χ2v) is 8.87. The molecule has 0 unspecified atom stereocenters. The van der Waals surface area contributed by atoms with E-state index < -0.39 is 23.8 Å². The number of hydrogen-bond acceptors (Lipinski definition) is 6. The number of rotatable bonds is 3. The lowest BCUT2D eigenvalue weighted by molar-refractivity contribution is 0.0443. The molecule has 7 nitrogen and oxygen atoms in total. The Labute approximate surface area is 209 Å². The van der Waals surface area contributed by atoms with Gasteiger partial charge in [0, 0.05) is 0 Å². The van der Waals surface area contributed by atoms with Crippen molar-refractivity contribution in [2.24, 2.45) is 0 Å². The second-order valence-electron chi connectivity index (χ2n) is 8.87. The number of esters is 2. The number of carbonyl (C=O) groups is 4. The summed E-state index contributed by atoms with van der Waals surface area (Å²) in [5.74, 6) is -1.70. The lowest BCUT2D eigenvalue weighted by Crippen LogP contribution is -2.29. The Bertz CT molecular complexity index is 1870. The monoisotopic (exact) mass is 485 g/mol. The normalized spacial score (nSPS) is 14.3. The predicted molar refractivity (Wildman–Crippen MR) is 135 cm³/mol. The van der Waals surface area contributed by atoms with Crippen molar-refractivity contribution in [2.45, 2.75) is 0 Å². The summed E-state index contributed by atoms with van der Waals surface area (Å²) >= 11 is 0. The highest BCUT2D eigenvalue weighted by Gasteiger charge is 2.37. The average molecular weight is 485 g/mol. The van der Waals surface area contributed by atoms with Gasteiger partial charge in [0.05, 0.1) is 27.9 Å². The number of imide groups is 1. The van der Waals surface area contributed by atoms with Crippen molar-refractivity contribution in [1.29, 1.82) is 0 Å². The third kappa shape index (κ3) is 3.21. The van der Waals surface area contributed by atoms with E-state index in [1.165, 1.54) is 29.2 Å². The fourth-order valence-electron chi connectivity index (χ4n) is 4.85. The number of hydrogen-bond donors (Lipinski definition) is 0. The highest BCUT2D eigenvalue weighted by atomic mass is 16.6. The molecule has 0 atom stereocenters. The first-order chi connectivity index (χ1) is 18.0. The lowest BCUT2D eigenvalue weighted by atomic mass is 10.0. The average Bonchev–Trinajstić information content (AvgIpc) is 3.33. The highest BCUT2D eigenvalue weighted by Crippen LogP contribution is 2.35. The molecule has 0 saturated carbocycles. The molecule has 2 aliphatic rings. The molecule has 0 fully saturated rings. The molecule has 0 N–H and O–H groups in total. The van der Waals surface area contributed by atoms with E-state index in [2.05, 4.69) is 10.8 Å². The Kier molecular flexibility index (Phi) is 4.32. The van der Waals surface area contributed by atoms with Crippen LogP contribution >= 0.6 is 0 Å². The maximum Gasteiger partial charge on any atom is 0.347 e. The van der Waals surface area contributed by atoms with Crippen LogP contribution < -0.4 is 9.64 Å². The number of amides is 2. The van der Waals surface area contributed by atoms with Crippen molar-refractivity contribution in [1.82, 2.24) is 0 Å². The fourth-order valence-corrected chi connectivity index (χ4v) is 4.85. The summed E-state index contributed by atoms with van der Waals surface area (Å²) in [5, 5.41) is 4.11. The Balaban J connectivity index is 1.21. The molecule has 7 heteroatoms. The summed E-state index contributed by atoms with van der Waals surface area (Å²) in [4.78, 5) is 51.2. The molecule has 37 heavy (non-hydrogen) atoms. The van der Waals surface area contributed by atoms with Crippen LogP contribution in [-0.4, -0.2) is 23.8 Å². The first kappa shape index (κ1) is 21.0. The van der Waals surface area contributed by atoms with Gasteiger partial charge in [-0.1, -0.05) is 30.3 Å². The molecule has 2 amide bonds. The maximum absolute atomic E-state index is 13.3. The van der Waals surface area contributed by atoms with E-state index in [1.54, 1.807) is 18.2 Å². The molecular weight excluding hydrogens is 470 g/mol. The molecule has 0 spiro atoms. The van der Waals surface area contributed by atoms with Crippen molar-refractivity contribution < 1.29 is 28.7 Å². The van der Waals surface area contributed by atoms with E-state index in [-0.39, 0.29) is 22.3 Å². The SMILES string of the molecule is O=C1OC(=O)c2cc(Oc3ccc4c(c3)C(=O)N(c3ccc5cc6ccccc6cc5c3)C4=O)ccc21. The van der Waals surface area contributed by atoms with Gasteiger partial charge in [0.15, 0.2) is 0 Å². The number of fused-ring (bicyclic) bond motifs is 4. The van der Waals surface area contributed by atoms with Crippen LogP contribution in [0.15, 0.2) is 91.0 Å². The molecule has 0 aromatic heterocycles. The van der Waals surface area contributed by atoms with E-state index >= 15 is 0 Å². The summed E-state index contributed by atoms with van der Waals surface area (Å²) in [6.45, 7) is 0. The van der Waals surface area contributed by atoms with Crippen LogP contribution in [0.25, 0.3) is 21.5 Å². The number of nitrogens with zero attached hydrogens (tertiary/aromatic N) is 1. The zero-order valence-corrected chi connectivity index (χ0v) is 19.1. The van der Waals surface area contributed by atoms with Crippen molar-refractivity contribution in [3.8, 4) is 11.5 Å². The summed E-state index contributed by atoms with van der Waals surface area (Å²) < 4.78 is 10.4. The third-order valence-electron chi connectivity index (χ3n) is 6.66. The van der Waals surface area contributed by atoms with Crippen LogP contribution in [0.4, 0.5) is 5.69 Å². The molecule has 5 aromatic rings. The van der Waals surface area contributed by atoms with Crippen LogP contribution in [-0.2, 0) is 4.74 Å². The van der Waals surface area contributed by atoms with Crippen molar-refractivity contribution >= 4 is 51.0 Å². The number of cyclic esters (lactones) is 2. The van der Waals surface area contributed by atoms with Crippen molar-refractivity contribution in [3.63, 3.8) is 0 Å². The molecular formula is C30H15NO6. The molecule has 2 heterocycles. The summed E-state index contributed by atoms with van der Waals surface area (Å²) in [6, 6.07) is 26.7. The van der Waals surface area contributed by atoms with E-state index in [0.29, 0.717) is 17.2 Å². The van der Waals surface area contributed by atoms with Crippen LogP contribution in [0.3, 0.4) is 0 Å².